The van der Waals surface area contributed by atoms with Crippen LogP contribution < -0.4 is 10.2 Å². The Morgan fingerprint density at radius 2 is 2.14 bits per heavy atom. The molecule has 1 aliphatic heterocycles. The monoisotopic (exact) mass is 414 g/mol. The van der Waals surface area contributed by atoms with Gasteiger partial charge in [0.05, 0.1) is 29.0 Å². The van der Waals surface area contributed by atoms with E-state index >= 15 is 0 Å². The molecule has 6 nitrogen and oxygen atoms in total. The summed E-state index contributed by atoms with van der Waals surface area (Å²) in [6, 6.07) is 4.22. The van der Waals surface area contributed by atoms with Gasteiger partial charge in [0.2, 0.25) is 0 Å². The Hall–Kier alpha value is -2.55. The van der Waals surface area contributed by atoms with Gasteiger partial charge in [-0.15, -0.1) is 0 Å². The third-order valence-electron chi connectivity index (χ3n) is 4.48. The van der Waals surface area contributed by atoms with E-state index in [9.17, 15) is 18.0 Å². The lowest BCUT2D eigenvalue weighted by atomic mass is 10.2. The van der Waals surface area contributed by atoms with Gasteiger partial charge in [0.25, 0.3) is 0 Å². The normalized spacial score (nSPS) is 16.9. The zero-order valence-electron chi connectivity index (χ0n) is 15.2. The molecule has 0 spiro atoms. The maximum Gasteiger partial charge on any atom is 0.417 e. The molecule has 1 saturated heterocycles. The van der Waals surface area contributed by atoms with Crippen LogP contribution in [0.15, 0.2) is 24.4 Å². The van der Waals surface area contributed by atoms with Crippen LogP contribution in [0.1, 0.15) is 28.0 Å². The molecule has 28 heavy (non-hydrogen) atoms. The number of aryl methyl sites for hydroxylation is 1. The van der Waals surface area contributed by atoms with E-state index in [4.69, 9.17) is 16.3 Å². The van der Waals surface area contributed by atoms with Crippen molar-refractivity contribution in [2.24, 2.45) is 0 Å². The van der Waals surface area contributed by atoms with E-state index in [-0.39, 0.29) is 11.1 Å². The maximum atomic E-state index is 12.8. The minimum atomic E-state index is -4.48. The third-order valence-corrected chi connectivity index (χ3v) is 4.76. The highest BCUT2D eigenvalue weighted by Crippen LogP contribution is 2.34. The molecule has 10 heteroatoms. The molecule has 150 valence electrons. The van der Waals surface area contributed by atoms with Crippen LogP contribution in [0.5, 0.6) is 0 Å². The number of aromatic nitrogens is 2. The molecule has 3 heterocycles. The molecule has 0 aliphatic carbocycles. The Kier molecular flexibility index (Phi) is 5.64. The smallest absolute Gasteiger partial charge is 0.417 e. The molecule has 2 aromatic rings. The van der Waals surface area contributed by atoms with E-state index in [1.165, 1.54) is 7.11 Å². The number of pyridine rings is 2. The van der Waals surface area contributed by atoms with Crippen molar-refractivity contribution < 1.29 is 22.7 Å². The largest absolute Gasteiger partial charge is 0.465 e. The van der Waals surface area contributed by atoms with E-state index in [0.29, 0.717) is 36.0 Å². The fraction of sp³-hybridized carbons (Fsp3) is 0.389. The van der Waals surface area contributed by atoms with E-state index in [1.807, 2.05) is 4.90 Å². The number of anilines is 2. The summed E-state index contributed by atoms with van der Waals surface area (Å²) in [4.78, 5) is 21.7. The second-order valence-corrected chi connectivity index (χ2v) is 6.83. The van der Waals surface area contributed by atoms with E-state index in [2.05, 4.69) is 15.3 Å². The first-order valence-electron chi connectivity index (χ1n) is 8.49. The summed E-state index contributed by atoms with van der Waals surface area (Å²) in [5.74, 6) is 0.472. The summed E-state index contributed by atoms with van der Waals surface area (Å²) in [5, 5.41) is 3.23. The molecule has 3 rings (SSSR count). The van der Waals surface area contributed by atoms with E-state index in [0.717, 1.165) is 18.7 Å². The highest BCUT2D eigenvalue weighted by Gasteiger charge is 2.33. The number of carbonyl (C=O) groups is 1. The molecule has 0 bridgehead atoms. The van der Waals surface area contributed by atoms with Gasteiger partial charge in [-0.25, -0.2) is 14.8 Å². The van der Waals surface area contributed by atoms with Crippen molar-refractivity contribution in [3.63, 3.8) is 0 Å². The van der Waals surface area contributed by atoms with Crippen molar-refractivity contribution >= 4 is 29.2 Å². The van der Waals surface area contributed by atoms with Gasteiger partial charge in [-0.2, -0.15) is 13.2 Å². The number of ether oxygens (including phenoxy) is 1. The zero-order chi connectivity index (χ0) is 20.5. The fourth-order valence-corrected chi connectivity index (χ4v) is 3.35. The fourth-order valence-electron chi connectivity index (χ4n) is 3.07. The Balaban J connectivity index is 1.68. The van der Waals surface area contributed by atoms with Crippen molar-refractivity contribution in [1.29, 1.82) is 0 Å². The Labute approximate surface area is 164 Å². The maximum absolute atomic E-state index is 12.8. The summed E-state index contributed by atoms with van der Waals surface area (Å²) in [7, 11) is 1.31. The molecule has 2 aromatic heterocycles. The van der Waals surface area contributed by atoms with Crippen LogP contribution in [0.4, 0.5) is 24.8 Å². The van der Waals surface area contributed by atoms with Gasteiger partial charge in [-0.3, -0.25) is 0 Å². The average molecular weight is 415 g/mol. The van der Waals surface area contributed by atoms with Crippen LogP contribution in [-0.4, -0.2) is 42.2 Å². The molecule has 1 N–H and O–H groups in total. The van der Waals surface area contributed by atoms with Gasteiger partial charge in [0.15, 0.2) is 0 Å². The number of hydrogen-bond acceptors (Lipinski definition) is 6. The molecule has 1 fully saturated rings. The Morgan fingerprint density at radius 3 is 2.75 bits per heavy atom. The third kappa shape index (κ3) is 4.30. The number of nitrogens with zero attached hydrogens (tertiary/aromatic N) is 3. The van der Waals surface area contributed by atoms with Crippen molar-refractivity contribution in [2.75, 3.05) is 30.4 Å². The lowest BCUT2D eigenvalue weighted by Gasteiger charge is -2.20. The first-order chi connectivity index (χ1) is 13.2. The molecule has 0 radical (unpaired) electrons. The number of nitrogens with one attached hydrogen (secondary N) is 1. The number of carbonyl (C=O) groups excluding carboxylic acids is 1. The van der Waals surface area contributed by atoms with Crippen molar-refractivity contribution in [3.8, 4) is 0 Å². The molecule has 0 aromatic carbocycles. The van der Waals surface area contributed by atoms with Gasteiger partial charge in [-0.05, 0) is 31.5 Å². The van der Waals surface area contributed by atoms with Crippen molar-refractivity contribution in [1.82, 2.24) is 9.97 Å². The second kappa shape index (κ2) is 7.83. The minimum absolute atomic E-state index is 0.0102. The molecule has 0 amide bonds. The van der Waals surface area contributed by atoms with Crippen LogP contribution in [0.2, 0.25) is 5.02 Å². The summed E-state index contributed by atoms with van der Waals surface area (Å²) in [5.41, 5.74) is 0.0569. The lowest BCUT2D eigenvalue weighted by molar-refractivity contribution is -0.137. The zero-order valence-corrected chi connectivity index (χ0v) is 15.9. The van der Waals surface area contributed by atoms with Crippen molar-refractivity contribution in [2.45, 2.75) is 25.6 Å². The van der Waals surface area contributed by atoms with Gasteiger partial charge in [0.1, 0.15) is 11.6 Å². The molecule has 1 atom stereocenters. The van der Waals surface area contributed by atoms with Crippen LogP contribution in [0.3, 0.4) is 0 Å². The van der Waals surface area contributed by atoms with Gasteiger partial charge >= 0.3 is 12.1 Å². The van der Waals surface area contributed by atoms with E-state index in [1.54, 1.807) is 19.1 Å². The molecule has 1 unspecified atom stereocenters. The number of rotatable bonds is 4. The van der Waals surface area contributed by atoms with Gasteiger partial charge < -0.3 is 15.0 Å². The number of esters is 1. The Morgan fingerprint density at radius 1 is 1.39 bits per heavy atom. The molecule has 0 saturated carbocycles. The average Bonchev–Trinajstić information content (AvgIpc) is 3.08. The summed E-state index contributed by atoms with van der Waals surface area (Å²) in [6.45, 7) is 2.82. The Bertz CT molecular complexity index is 892. The predicted octanol–water partition coefficient (Wildman–Crippen LogP) is 3.93. The SMILES string of the molecule is COC(=O)c1ccc(NC2CCN(c3ncc(C(F)(F)F)cc3Cl)C2)nc1C. The number of halogens is 4. The molecular weight excluding hydrogens is 397 g/mol. The highest BCUT2D eigenvalue weighted by atomic mass is 35.5. The number of alkyl halides is 3. The minimum Gasteiger partial charge on any atom is -0.465 e. The predicted molar refractivity (Wildman–Crippen MR) is 98.8 cm³/mol. The van der Waals surface area contributed by atoms with Crippen molar-refractivity contribution in [3.05, 3.63) is 46.2 Å². The standard InChI is InChI=1S/C18H18ClF3N4O2/c1-10-13(17(27)28-2)3-4-15(24-10)25-12-5-6-26(9-12)16-14(19)7-11(8-23-16)18(20,21)22/h3-4,7-8,12H,5-6,9H2,1-2H3,(H,24,25). The first-order valence-corrected chi connectivity index (χ1v) is 8.87. The second-order valence-electron chi connectivity index (χ2n) is 6.42. The van der Waals surface area contributed by atoms with Gasteiger partial charge in [-0.1, -0.05) is 11.6 Å². The van der Waals surface area contributed by atoms with Gasteiger partial charge in [0, 0.05) is 25.3 Å². The van der Waals surface area contributed by atoms with Crippen LogP contribution in [0, 0.1) is 6.92 Å². The summed E-state index contributed by atoms with van der Waals surface area (Å²) < 4.78 is 43.0. The van der Waals surface area contributed by atoms with Crippen LogP contribution in [-0.2, 0) is 10.9 Å². The highest BCUT2D eigenvalue weighted by molar-refractivity contribution is 6.33. The van der Waals surface area contributed by atoms with Crippen LogP contribution in [0.25, 0.3) is 0 Å². The van der Waals surface area contributed by atoms with Crippen LogP contribution >= 0.6 is 11.6 Å². The topological polar surface area (TPSA) is 67.3 Å². The number of methoxy groups -OCH3 is 1. The van der Waals surface area contributed by atoms with E-state index < -0.39 is 17.7 Å². The summed E-state index contributed by atoms with van der Waals surface area (Å²) >= 11 is 6.02. The molecule has 1 aliphatic rings. The number of hydrogen-bond donors (Lipinski definition) is 1. The quantitative estimate of drug-likeness (QED) is 0.764. The molecular formula is C18H18ClF3N4O2. The lowest BCUT2D eigenvalue weighted by Crippen LogP contribution is -2.27. The summed E-state index contributed by atoms with van der Waals surface area (Å²) in [6.07, 6.45) is -2.96. The first kappa shape index (κ1) is 20.2.